The van der Waals surface area contributed by atoms with Gasteiger partial charge in [0.05, 0.1) is 0 Å². The third-order valence-corrected chi connectivity index (χ3v) is 6.25. The zero-order valence-electron chi connectivity index (χ0n) is 18.0. The van der Waals surface area contributed by atoms with Crippen LogP contribution in [0, 0.1) is 0 Å². The van der Waals surface area contributed by atoms with Gasteiger partial charge in [-0.3, -0.25) is 0 Å². The van der Waals surface area contributed by atoms with Crippen molar-refractivity contribution in [3.8, 4) is 0 Å². The molecule has 0 saturated carbocycles. The smallest absolute Gasteiger partial charge is 0.0230 e. The Labute approximate surface area is 186 Å². The summed E-state index contributed by atoms with van der Waals surface area (Å²) < 4.78 is 2.50. The Balaban J connectivity index is 1.42. The maximum Gasteiger partial charge on any atom is 0.0230 e. The van der Waals surface area contributed by atoms with Crippen molar-refractivity contribution in [2.45, 2.75) is 30.8 Å². The fourth-order valence-corrected chi connectivity index (χ4v) is 4.40. The minimum atomic E-state index is 0.897. The predicted molar refractivity (Wildman–Crippen MR) is 129 cm³/mol. The van der Waals surface area contributed by atoms with Crippen LogP contribution in [0.5, 0.6) is 0 Å². The van der Waals surface area contributed by atoms with Crippen molar-refractivity contribution in [3.63, 3.8) is 0 Å². The second-order valence-electron chi connectivity index (χ2n) is 7.71. The van der Waals surface area contributed by atoms with Gasteiger partial charge in [0.25, 0.3) is 0 Å². The molecule has 3 rings (SSSR count). The summed E-state index contributed by atoms with van der Waals surface area (Å²) in [6, 6.07) is 19.6. The molecule has 1 aliphatic heterocycles. The van der Waals surface area contributed by atoms with Gasteiger partial charge in [-0.1, -0.05) is 42.5 Å². The van der Waals surface area contributed by atoms with E-state index < -0.39 is 0 Å². The summed E-state index contributed by atoms with van der Waals surface area (Å²) in [6.45, 7) is 10.4. The van der Waals surface area contributed by atoms with Crippen molar-refractivity contribution in [1.82, 2.24) is 25.6 Å². The van der Waals surface area contributed by atoms with Gasteiger partial charge in [0.15, 0.2) is 0 Å². The molecule has 0 bridgehead atoms. The molecule has 0 atom stereocenters. The quantitative estimate of drug-likeness (QED) is 0.532. The van der Waals surface area contributed by atoms with E-state index in [-0.39, 0.29) is 0 Å². The average molecular weight is 428 g/mol. The lowest BCUT2D eigenvalue weighted by atomic mass is 10.2. The van der Waals surface area contributed by atoms with E-state index >= 15 is 0 Å². The SMILES string of the molecule is c1ccc(CNCc2ccc(SN3CCCNCCNCCCNCC3)cc2)cc1. The van der Waals surface area contributed by atoms with Crippen LogP contribution in [0.4, 0.5) is 0 Å². The van der Waals surface area contributed by atoms with Gasteiger partial charge in [-0.2, -0.15) is 0 Å². The Bertz CT molecular complexity index is 666. The van der Waals surface area contributed by atoms with Crippen molar-refractivity contribution < 1.29 is 0 Å². The fraction of sp³-hybridized carbons (Fsp3) is 0.500. The first-order valence-electron chi connectivity index (χ1n) is 11.3. The van der Waals surface area contributed by atoms with Crippen LogP contribution >= 0.6 is 11.9 Å². The third-order valence-electron chi connectivity index (χ3n) is 5.14. The minimum Gasteiger partial charge on any atom is -0.315 e. The van der Waals surface area contributed by atoms with Crippen LogP contribution in [0.3, 0.4) is 0 Å². The van der Waals surface area contributed by atoms with Crippen molar-refractivity contribution >= 4 is 11.9 Å². The minimum absolute atomic E-state index is 0.897. The Morgan fingerprint density at radius 1 is 0.667 bits per heavy atom. The van der Waals surface area contributed by atoms with Crippen LogP contribution in [0.1, 0.15) is 24.0 Å². The first kappa shape index (κ1) is 23.3. The molecule has 2 aromatic carbocycles. The highest BCUT2D eigenvalue weighted by atomic mass is 32.2. The summed E-state index contributed by atoms with van der Waals surface area (Å²) >= 11 is 1.89. The van der Waals surface area contributed by atoms with E-state index in [1.807, 2.05) is 11.9 Å². The Hall–Kier alpha value is -1.41. The monoisotopic (exact) mass is 427 g/mol. The van der Waals surface area contributed by atoms with Crippen LogP contribution in [0.2, 0.25) is 0 Å². The normalized spacial score (nSPS) is 18.0. The topological polar surface area (TPSA) is 51.4 Å². The van der Waals surface area contributed by atoms with E-state index in [0.29, 0.717) is 0 Å². The molecule has 1 fully saturated rings. The van der Waals surface area contributed by atoms with E-state index in [2.05, 4.69) is 80.2 Å². The van der Waals surface area contributed by atoms with E-state index in [0.717, 1.165) is 65.4 Å². The van der Waals surface area contributed by atoms with Gasteiger partial charge in [0, 0.05) is 50.7 Å². The van der Waals surface area contributed by atoms with Crippen LogP contribution in [-0.4, -0.2) is 56.7 Å². The maximum absolute atomic E-state index is 3.58. The zero-order valence-corrected chi connectivity index (χ0v) is 18.9. The van der Waals surface area contributed by atoms with Crippen LogP contribution < -0.4 is 21.3 Å². The molecule has 0 aliphatic carbocycles. The number of benzene rings is 2. The van der Waals surface area contributed by atoms with E-state index in [1.165, 1.54) is 28.9 Å². The largest absolute Gasteiger partial charge is 0.315 e. The summed E-state index contributed by atoms with van der Waals surface area (Å²) in [5.41, 5.74) is 2.65. The Morgan fingerprint density at radius 2 is 1.30 bits per heavy atom. The summed E-state index contributed by atoms with van der Waals surface area (Å²) in [4.78, 5) is 1.32. The van der Waals surface area contributed by atoms with Gasteiger partial charge < -0.3 is 21.3 Å². The van der Waals surface area contributed by atoms with Crippen LogP contribution in [0.15, 0.2) is 59.5 Å². The summed E-state index contributed by atoms with van der Waals surface area (Å²) in [7, 11) is 0. The van der Waals surface area contributed by atoms with Crippen molar-refractivity contribution in [2.24, 2.45) is 0 Å². The number of nitrogens with one attached hydrogen (secondary N) is 4. The number of rotatable bonds is 6. The molecule has 0 amide bonds. The predicted octanol–water partition coefficient (Wildman–Crippen LogP) is 2.85. The molecule has 1 heterocycles. The fourth-order valence-electron chi connectivity index (χ4n) is 3.44. The lowest BCUT2D eigenvalue weighted by molar-refractivity contribution is 0.432. The highest BCUT2D eigenvalue weighted by Crippen LogP contribution is 2.23. The highest BCUT2D eigenvalue weighted by molar-refractivity contribution is 7.97. The molecular weight excluding hydrogens is 390 g/mol. The maximum atomic E-state index is 3.58. The molecule has 1 aliphatic rings. The van der Waals surface area contributed by atoms with Gasteiger partial charge >= 0.3 is 0 Å². The molecule has 5 nitrogen and oxygen atoms in total. The lowest BCUT2D eigenvalue weighted by Crippen LogP contribution is -2.34. The van der Waals surface area contributed by atoms with Crippen LogP contribution in [-0.2, 0) is 13.1 Å². The Kier molecular flexibility index (Phi) is 11.3. The molecule has 6 heteroatoms. The molecule has 164 valence electrons. The molecule has 0 radical (unpaired) electrons. The Morgan fingerprint density at radius 3 is 2.03 bits per heavy atom. The number of hydrogen-bond acceptors (Lipinski definition) is 6. The van der Waals surface area contributed by atoms with Gasteiger partial charge in [-0.15, -0.1) is 0 Å². The second kappa shape index (κ2) is 14.6. The molecule has 2 aromatic rings. The van der Waals surface area contributed by atoms with Gasteiger partial charge in [-0.25, -0.2) is 4.31 Å². The third kappa shape index (κ3) is 9.60. The van der Waals surface area contributed by atoms with E-state index in [4.69, 9.17) is 0 Å². The molecule has 0 spiro atoms. The lowest BCUT2D eigenvalue weighted by Gasteiger charge is -2.22. The van der Waals surface area contributed by atoms with Gasteiger partial charge in [0.2, 0.25) is 0 Å². The van der Waals surface area contributed by atoms with Crippen molar-refractivity contribution in [3.05, 3.63) is 65.7 Å². The molecular formula is C24H37N5S. The summed E-state index contributed by atoms with van der Waals surface area (Å²) in [5, 5.41) is 14.1. The first-order valence-corrected chi connectivity index (χ1v) is 12.1. The van der Waals surface area contributed by atoms with E-state index in [1.54, 1.807) is 0 Å². The average Bonchev–Trinajstić information content (AvgIpc) is 2.78. The summed E-state index contributed by atoms with van der Waals surface area (Å²) in [5.74, 6) is 0. The van der Waals surface area contributed by atoms with Gasteiger partial charge in [-0.05, 0) is 67.7 Å². The zero-order chi connectivity index (χ0) is 20.7. The van der Waals surface area contributed by atoms with E-state index in [9.17, 15) is 0 Å². The standard InChI is InChI=1S/C24H37N5S/c1-2-6-22(7-3-1)20-28-21-23-8-10-24(11-9-23)30-29-18-5-14-26-16-15-25-12-4-13-27-17-19-29/h1-3,6-11,25-28H,4-5,12-21H2. The number of hydrogen-bond donors (Lipinski definition) is 4. The first-order chi connectivity index (χ1) is 14.9. The van der Waals surface area contributed by atoms with Gasteiger partial charge in [0.1, 0.15) is 0 Å². The second-order valence-corrected chi connectivity index (χ2v) is 8.88. The molecule has 0 unspecified atom stereocenters. The molecule has 30 heavy (non-hydrogen) atoms. The van der Waals surface area contributed by atoms with Crippen molar-refractivity contribution in [1.29, 1.82) is 0 Å². The van der Waals surface area contributed by atoms with Crippen molar-refractivity contribution in [2.75, 3.05) is 52.4 Å². The molecule has 1 saturated heterocycles. The highest BCUT2D eigenvalue weighted by Gasteiger charge is 2.08. The molecule has 0 aromatic heterocycles. The number of nitrogens with zero attached hydrogens (tertiary/aromatic N) is 1. The van der Waals surface area contributed by atoms with Crippen LogP contribution in [0.25, 0.3) is 0 Å². The molecule has 4 N–H and O–H groups in total. The summed E-state index contributed by atoms with van der Waals surface area (Å²) in [6.07, 6.45) is 2.36.